The maximum Gasteiger partial charge on any atom is 0.416 e. The van der Waals surface area contributed by atoms with Gasteiger partial charge in [0.15, 0.2) is 11.8 Å². The van der Waals surface area contributed by atoms with Gasteiger partial charge in [0.1, 0.15) is 5.82 Å². The molecule has 0 saturated carbocycles. The highest BCUT2D eigenvalue weighted by atomic mass is 127. The molecular formula is C15H18F4IN5O. The molecule has 0 aliphatic rings. The van der Waals surface area contributed by atoms with Crippen molar-refractivity contribution in [2.45, 2.75) is 26.1 Å². The van der Waals surface area contributed by atoms with Crippen LogP contribution in [0.15, 0.2) is 27.7 Å². The molecule has 26 heavy (non-hydrogen) atoms. The summed E-state index contributed by atoms with van der Waals surface area (Å²) in [4.78, 5) is 7.96. The Bertz CT molecular complexity index is 748. The van der Waals surface area contributed by atoms with E-state index in [0.717, 1.165) is 12.1 Å². The highest BCUT2D eigenvalue weighted by molar-refractivity contribution is 14.0. The Balaban J connectivity index is 0.00000338. The first-order valence-electron chi connectivity index (χ1n) is 7.39. The molecular weight excluding hydrogens is 469 g/mol. The highest BCUT2D eigenvalue weighted by Crippen LogP contribution is 2.32. The number of rotatable bonds is 5. The monoisotopic (exact) mass is 487 g/mol. The lowest BCUT2D eigenvalue weighted by Crippen LogP contribution is -2.38. The van der Waals surface area contributed by atoms with Crippen molar-refractivity contribution in [2.75, 3.05) is 13.6 Å². The molecule has 2 rings (SSSR count). The van der Waals surface area contributed by atoms with E-state index in [1.807, 2.05) is 0 Å². The number of benzene rings is 1. The van der Waals surface area contributed by atoms with Crippen LogP contribution in [0.5, 0.6) is 0 Å². The van der Waals surface area contributed by atoms with Crippen molar-refractivity contribution in [1.82, 2.24) is 20.8 Å². The Hall–Kier alpha value is -1.92. The van der Waals surface area contributed by atoms with Gasteiger partial charge in [-0.2, -0.15) is 18.2 Å². The summed E-state index contributed by atoms with van der Waals surface area (Å²) >= 11 is 0. The molecule has 2 N–H and O–H groups in total. The minimum Gasteiger partial charge on any atom is -0.356 e. The topological polar surface area (TPSA) is 75.3 Å². The minimum absolute atomic E-state index is 0. The van der Waals surface area contributed by atoms with Crippen LogP contribution in [-0.2, 0) is 19.1 Å². The largest absolute Gasteiger partial charge is 0.416 e. The summed E-state index contributed by atoms with van der Waals surface area (Å²) in [6, 6.07) is 2.56. The van der Waals surface area contributed by atoms with Crippen LogP contribution >= 0.6 is 24.0 Å². The van der Waals surface area contributed by atoms with Gasteiger partial charge in [0.2, 0.25) is 5.89 Å². The Morgan fingerprint density at radius 3 is 2.58 bits per heavy atom. The Kier molecular flexibility index (Phi) is 8.24. The number of aromatic nitrogens is 2. The number of nitrogens with one attached hydrogen (secondary N) is 2. The SMILES string of the molecule is CN=C(NCCc1nc(C)no1)NCc1ccc(F)cc1C(F)(F)F.I. The van der Waals surface area contributed by atoms with Crippen LogP contribution in [0, 0.1) is 12.7 Å². The van der Waals surface area contributed by atoms with Gasteiger partial charge in [-0.15, -0.1) is 24.0 Å². The predicted octanol–water partition coefficient (Wildman–Crippen LogP) is 3.06. The summed E-state index contributed by atoms with van der Waals surface area (Å²) in [6.07, 6.45) is -4.20. The van der Waals surface area contributed by atoms with E-state index < -0.39 is 17.6 Å². The van der Waals surface area contributed by atoms with Crippen molar-refractivity contribution in [3.63, 3.8) is 0 Å². The summed E-state index contributed by atoms with van der Waals surface area (Å²) in [7, 11) is 1.49. The molecule has 144 valence electrons. The van der Waals surface area contributed by atoms with Crippen molar-refractivity contribution in [3.8, 4) is 0 Å². The lowest BCUT2D eigenvalue weighted by atomic mass is 10.1. The Morgan fingerprint density at radius 1 is 1.27 bits per heavy atom. The second-order valence-electron chi connectivity index (χ2n) is 5.14. The molecule has 1 heterocycles. The smallest absolute Gasteiger partial charge is 0.356 e. The van der Waals surface area contributed by atoms with Gasteiger partial charge in [-0.05, 0) is 24.6 Å². The quantitative estimate of drug-likeness (QED) is 0.294. The van der Waals surface area contributed by atoms with E-state index in [2.05, 4.69) is 25.8 Å². The molecule has 0 bridgehead atoms. The van der Waals surface area contributed by atoms with Crippen molar-refractivity contribution in [2.24, 2.45) is 4.99 Å². The number of hydrogen-bond acceptors (Lipinski definition) is 4. The molecule has 2 aromatic rings. The van der Waals surface area contributed by atoms with E-state index in [1.165, 1.54) is 7.05 Å². The van der Waals surface area contributed by atoms with E-state index in [4.69, 9.17) is 4.52 Å². The number of nitrogens with zero attached hydrogens (tertiary/aromatic N) is 3. The van der Waals surface area contributed by atoms with Gasteiger partial charge < -0.3 is 15.2 Å². The van der Waals surface area contributed by atoms with Crippen LogP contribution in [0.3, 0.4) is 0 Å². The number of halogens is 5. The van der Waals surface area contributed by atoms with Crippen molar-refractivity contribution in [1.29, 1.82) is 0 Å². The zero-order valence-electron chi connectivity index (χ0n) is 14.0. The molecule has 0 saturated heterocycles. The molecule has 0 aliphatic heterocycles. The lowest BCUT2D eigenvalue weighted by Gasteiger charge is -2.15. The normalized spacial score (nSPS) is 11.8. The van der Waals surface area contributed by atoms with Gasteiger partial charge in [0.05, 0.1) is 5.56 Å². The Labute approximate surface area is 164 Å². The number of alkyl halides is 3. The van der Waals surface area contributed by atoms with Crippen molar-refractivity contribution < 1.29 is 22.1 Å². The number of aryl methyl sites for hydroxylation is 1. The molecule has 0 fully saturated rings. The maximum atomic E-state index is 13.1. The average Bonchev–Trinajstić information content (AvgIpc) is 2.96. The van der Waals surface area contributed by atoms with E-state index >= 15 is 0 Å². The third-order valence-electron chi connectivity index (χ3n) is 3.25. The van der Waals surface area contributed by atoms with Crippen molar-refractivity contribution >= 4 is 29.9 Å². The molecule has 6 nitrogen and oxygen atoms in total. The van der Waals surface area contributed by atoms with Crippen LogP contribution in [-0.4, -0.2) is 29.7 Å². The molecule has 0 radical (unpaired) electrons. The molecule has 0 amide bonds. The first kappa shape index (κ1) is 22.1. The van der Waals surface area contributed by atoms with E-state index in [0.29, 0.717) is 36.7 Å². The van der Waals surface area contributed by atoms with E-state index in [1.54, 1.807) is 6.92 Å². The summed E-state index contributed by atoms with van der Waals surface area (Å²) in [5.41, 5.74) is -1.10. The average molecular weight is 487 g/mol. The first-order chi connectivity index (χ1) is 11.8. The molecule has 0 spiro atoms. The fourth-order valence-electron chi connectivity index (χ4n) is 2.10. The highest BCUT2D eigenvalue weighted by Gasteiger charge is 2.33. The zero-order valence-corrected chi connectivity index (χ0v) is 16.4. The Morgan fingerprint density at radius 2 is 2.00 bits per heavy atom. The van der Waals surface area contributed by atoms with Gasteiger partial charge in [-0.3, -0.25) is 4.99 Å². The predicted molar refractivity (Wildman–Crippen MR) is 97.8 cm³/mol. The molecule has 1 aromatic carbocycles. The van der Waals surface area contributed by atoms with Gasteiger partial charge in [0.25, 0.3) is 0 Å². The maximum absolute atomic E-state index is 13.1. The number of hydrogen-bond donors (Lipinski definition) is 2. The second-order valence-corrected chi connectivity index (χ2v) is 5.14. The molecule has 0 unspecified atom stereocenters. The standard InChI is InChI=1S/C15H17F4N5O.HI/c1-9-23-13(25-24-9)5-6-21-14(20-2)22-8-10-3-4-11(16)7-12(10)15(17,18)19;/h3-4,7H,5-6,8H2,1-2H3,(H2,20,21,22);1H. The summed E-state index contributed by atoms with van der Waals surface area (Å²) in [5.74, 6) is 0.328. The fraction of sp³-hybridized carbons (Fsp3) is 0.400. The summed E-state index contributed by atoms with van der Waals surface area (Å²) < 4.78 is 56.9. The third kappa shape index (κ3) is 6.42. The molecule has 0 aliphatic carbocycles. The first-order valence-corrected chi connectivity index (χ1v) is 7.39. The molecule has 0 atom stereocenters. The van der Waals surface area contributed by atoms with Crippen LogP contribution in [0.1, 0.15) is 22.8 Å². The van der Waals surface area contributed by atoms with Crippen LogP contribution in [0.2, 0.25) is 0 Å². The minimum atomic E-state index is -4.63. The summed E-state index contributed by atoms with van der Waals surface area (Å²) in [5, 5.41) is 9.34. The number of guanidine groups is 1. The van der Waals surface area contributed by atoms with Crippen LogP contribution in [0.4, 0.5) is 17.6 Å². The molecule has 1 aromatic heterocycles. The van der Waals surface area contributed by atoms with Crippen LogP contribution < -0.4 is 10.6 Å². The summed E-state index contributed by atoms with van der Waals surface area (Å²) in [6.45, 7) is 1.94. The van der Waals surface area contributed by atoms with Gasteiger partial charge in [0, 0.05) is 26.6 Å². The third-order valence-corrected chi connectivity index (χ3v) is 3.25. The molecule has 11 heteroatoms. The lowest BCUT2D eigenvalue weighted by molar-refractivity contribution is -0.138. The van der Waals surface area contributed by atoms with Crippen LogP contribution in [0.25, 0.3) is 0 Å². The van der Waals surface area contributed by atoms with Gasteiger partial charge in [-0.25, -0.2) is 4.39 Å². The second kappa shape index (κ2) is 9.69. The zero-order chi connectivity index (χ0) is 18.4. The van der Waals surface area contributed by atoms with E-state index in [-0.39, 0.29) is 36.1 Å². The van der Waals surface area contributed by atoms with E-state index in [9.17, 15) is 17.6 Å². The fourth-order valence-corrected chi connectivity index (χ4v) is 2.10. The van der Waals surface area contributed by atoms with Crippen molar-refractivity contribution in [3.05, 3.63) is 46.9 Å². The van der Waals surface area contributed by atoms with Gasteiger partial charge >= 0.3 is 6.18 Å². The van der Waals surface area contributed by atoms with Gasteiger partial charge in [-0.1, -0.05) is 11.2 Å². The number of aliphatic imine (C=N–C) groups is 1.